The van der Waals surface area contributed by atoms with Crippen molar-refractivity contribution in [2.75, 3.05) is 0 Å². The number of hydrogen-bond donors (Lipinski definition) is 2. The molecule has 0 aromatic carbocycles. The van der Waals surface area contributed by atoms with Gasteiger partial charge in [0, 0.05) is 8.41 Å². The zero-order chi connectivity index (χ0) is 4.50. The summed E-state index contributed by atoms with van der Waals surface area (Å²) < 4.78 is 32.0. The van der Waals surface area contributed by atoms with Gasteiger partial charge in [0.1, 0.15) is 0 Å². The third-order valence-electron chi connectivity index (χ3n) is 0. The molecule has 0 rings (SSSR count). The largest absolute Gasteiger partial charge is 0 e. The second-order valence-electron chi connectivity index (χ2n) is 0.448. The van der Waals surface area contributed by atoms with Crippen molar-refractivity contribution in [2.24, 2.45) is 0 Å². The van der Waals surface area contributed by atoms with E-state index in [9.17, 15) is 0 Å². The molecule has 0 fully saturated rings. The van der Waals surface area contributed by atoms with Crippen LogP contribution in [0.4, 0.5) is 0 Å². The molecule has 0 aromatic heterocycles. The molecule has 35 valence electrons. The molecule has 0 heterocycles. The summed E-state index contributed by atoms with van der Waals surface area (Å²) in [5.41, 5.74) is 0. The van der Waals surface area contributed by atoms with Crippen LogP contribution in [0.3, 0.4) is 0 Å². The maximum Gasteiger partial charge on any atom is 0 e. The summed E-state index contributed by atoms with van der Waals surface area (Å²) in [5, 5.41) is 0. The van der Waals surface area contributed by atoms with Crippen LogP contribution in [-0.2, 0) is 6.21 Å². The summed E-state index contributed by atoms with van der Waals surface area (Å²) in [7, 11) is 0. The standard InChI is InChI=1S/B.H2O4Te/c;1-5(2,3)4/h;(H2,1,2,3,4). The molecule has 0 bridgehead atoms. The first-order valence-electron chi connectivity index (χ1n) is 0.698. The van der Waals surface area contributed by atoms with Gasteiger partial charge in [-0.3, -0.25) is 0 Å². The first kappa shape index (κ1) is 9.62. The molecular formula is H2BO4Te. The molecule has 0 saturated carbocycles. The normalized spacial score (nSPS) is 9.67. The van der Waals surface area contributed by atoms with Crippen molar-refractivity contribution in [3.63, 3.8) is 0 Å². The van der Waals surface area contributed by atoms with E-state index >= 15 is 0 Å². The Bertz CT molecular complexity index is 90.7. The zero-order valence-corrected chi connectivity index (χ0v) is 5.03. The molecule has 0 unspecified atom stereocenters. The number of hydrogen-bond acceptors (Lipinski definition) is 2. The van der Waals surface area contributed by atoms with Crippen LogP contribution in [0.25, 0.3) is 0 Å². The van der Waals surface area contributed by atoms with Gasteiger partial charge < -0.3 is 0 Å². The van der Waals surface area contributed by atoms with Crippen molar-refractivity contribution < 1.29 is 13.2 Å². The van der Waals surface area contributed by atoms with Crippen molar-refractivity contribution in [1.82, 2.24) is 0 Å². The van der Waals surface area contributed by atoms with Gasteiger partial charge in [-0.1, -0.05) is 0 Å². The first-order valence-corrected chi connectivity index (χ1v) is 4.69. The second-order valence-corrected chi connectivity index (χ2v) is 3.00. The van der Waals surface area contributed by atoms with Gasteiger partial charge in [-0.2, -0.15) is 0 Å². The molecule has 0 aliphatic rings. The van der Waals surface area contributed by atoms with Gasteiger partial charge in [0.15, 0.2) is 0 Å². The smallest absolute Gasteiger partial charge is 0 e. The Morgan fingerprint density at radius 2 is 1.17 bits per heavy atom. The summed E-state index contributed by atoms with van der Waals surface area (Å²) >= 11 is -5.52. The van der Waals surface area contributed by atoms with Gasteiger partial charge in [-0.05, 0) is 0 Å². The molecule has 6 heteroatoms. The maximum atomic E-state index is 8.85. The molecule has 3 radical (unpaired) electrons. The fourth-order valence-corrected chi connectivity index (χ4v) is 0. The van der Waals surface area contributed by atoms with Crippen LogP contribution in [0.15, 0.2) is 0 Å². The zero-order valence-electron chi connectivity index (χ0n) is 2.70. The van der Waals surface area contributed by atoms with E-state index in [1.165, 1.54) is 0 Å². The molecule has 0 aromatic rings. The van der Waals surface area contributed by atoms with E-state index in [2.05, 4.69) is 0 Å². The predicted molar refractivity (Wildman–Crippen MR) is 17.3 cm³/mol. The minimum absolute atomic E-state index is 0. The average molecular weight is 204 g/mol. The fourth-order valence-electron chi connectivity index (χ4n) is 0. The van der Waals surface area contributed by atoms with Crippen LogP contribution >= 0.6 is 0 Å². The Kier molecular flexibility index (Phi) is 4.06. The van der Waals surface area contributed by atoms with Gasteiger partial charge >= 0.3 is 32.1 Å². The summed E-state index contributed by atoms with van der Waals surface area (Å²) in [5.74, 6) is 0. The van der Waals surface area contributed by atoms with Crippen LogP contribution in [0.5, 0.6) is 0 Å². The van der Waals surface area contributed by atoms with Gasteiger partial charge in [0.2, 0.25) is 0 Å². The molecule has 6 heavy (non-hydrogen) atoms. The van der Waals surface area contributed by atoms with E-state index < -0.39 is 19.0 Å². The molecule has 0 aliphatic heterocycles. The molecular weight excluding hydrogens is 202 g/mol. The van der Waals surface area contributed by atoms with E-state index in [4.69, 9.17) is 13.2 Å². The van der Waals surface area contributed by atoms with E-state index in [1.54, 1.807) is 0 Å². The minimum atomic E-state index is -5.52. The number of rotatable bonds is 0. The summed E-state index contributed by atoms with van der Waals surface area (Å²) in [6.07, 6.45) is 0. The first-order chi connectivity index (χ1) is 2.00. The molecule has 0 atom stereocenters. The summed E-state index contributed by atoms with van der Waals surface area (Å²) in [6, 6.07) is 0. The van der Waals surface area contributed by atoms with Gasteiger partial charge in [-0.25, -0.2) is 0 Å². The van der Waals surface area contributed by atoms with Gasteiger partial charge in [0.25, 0.3) is 0 Å². The van der Waals surface area contributed by atoms with Crippen molar-refractivity contribution in [1.29, 1.82) is 0 Å². The fraction of sp³-hybridized carbons (Fsp3) is 0. The minimum Gasteiger partial charge on any atom is 0 e. The third-order valence-corrected chi connectivity index (χ3v) is 0. The molecule has 0 amide bonds. The van der Waals surface area contributed by atoms with E-state index in [0.29, 0.717) is 0 Å². The second kappa shape index (κ2) is 2.53. The van der Waals surface area contributed by atoms with Crippen LogP contribution < -0.4 is 0 Å². The van der Waals surface area contributed by atoms with Crippen molar-refractivity contribution in [3.8, 4) is 0 Å². The SMILES string of the molecule is O=[Te](=O)(O)O.[B]. The van der Waals surface area contributed by atoms with Crippen molar-refractivity contribution in [2.45, 2.75) is 0 Å². The monoisotopic (exact) mass is 207 g/mol. The molecule has 0 saturated heterocycles. The van der Waals surface area contributed by atoms with Crippen LogP contribution in [0.1, 0.15) is 0 Å². The average Bonchev–Trinajstić information content (AvgIpc) is 0.722. The molecule has 2 N–H and O–H groups in total. The van der Waals surface area contributed by atoms with Crippen LogP contribution in [0.2, 0.25) is 0 Å². The Balaban J connectivity index is 0. The molecule has 0 aliphatic carbocycles. The summed E-state index contributed by atoms with van der Waals surface area (Å²) in [6.45, 7) is 0. The van der Waals surface area contributed by atoms with Crippen molar-refractivity contribution >= 4 is 27.4 Å². The van der Waals surface area contributed by atoms with Crippen LogP contribution in [0, 0.1) is 0 Å². The quantitative estimate of drug-likeness (QED) is 0.443. The van der Waals surface area contributed by atoms with E-state index in [0.717, 1.165) is 0 Å². The van der Waals surface area contributed by atoms with Gasteiger partial charge in [-0.15, -0.1) is 0 Å². The Morgan fingerprint density at radius 3 is 1.17 bits per heavy atom. The molecule has 4 nitrogen and oxygen atoms in total. The Hall–Kier alpha value is 0.375. The summed E-state index contributed by atoms with van der Waals surface area (Å²) in [4.78, 5) is 0. The van der Waals surface area contributed by atoms with Crippen molar-refractivity contribution in [3.05, 3.63) is 0 Å². The topological polar surface area (TPSA) is 74.6 Å². The van der Waals surface area contributed by atoms with Crippen LogP contribution in [-0.4, -0.2) is 34.3 Å². The van der Waals surface area contributed by atoms with E-state index in [-0.39, 0.29) is 8.41 Å². The molecule has 0 spiro atoms. The van der Waals surface area contributed by atoms with E-state index in [1.807, 2.05) is 0 Å². The third kappa shape index (κ3) is 355. The predicted octanol–water partition coefficient (Wildman–Crippen LogP) is -2.11. The Morgan fingerprint density at radius 1 is 1.17 bits per heavy atom. The van der Waals surface area contributed by atoms with Gasteiger partial charge in [0.05, 0.1) is 0 Å². The Labute approximate surface area is 41.0 Å². The maximum absolute atomic E-state index is 8.85.